The maximum absolute atomic E-state index is 5.46. The molecule has 0 radical (unpaired) electrons. The standard InChI is InChI=1S/C17H29NO2/c1-5-7-15(18-12-6-2)10-8-14-9-11-16(19-3)13-17(14)20-4/h9,11,13,15,18H,5-8,10,12H2,1-4H3. The highest BCUT2D eigenvalue weighted by Crippen LogP contribution is 2.26. The van der Waals surface area contributed by atoms with E-state index in [1.165, 1.54) is 24.8 Å². The Labute approximate surface area is 123 Å². The Bertz CT molecular complexity index is 379. The van der Waals surface area contributed by atoms with Crippen LogP contribution in [0.4, 0.5) is 0 Å². The van der Waals surface area contributed by atoms with Gasteiger partial charge in [-0.25, -0.2) is 0 Å². The first-order valence-corrected chi connectivity index (χ1v) is 7.69. The van der Waals surface area contributed by atoms with Crippen LogP contribution in [0.5, 0.6) is 11.5 Å². The molecular weight excluding hydrogens is 250 g/mol. The average Bonchev–Trinajstić information content (AvgIpc) is 2.49. The van der Waals surface area contributed by atoms with E-state index in [1.807, 2.05) is 12.1 Å². The van der Waals surface area contributed by atoms with Gasteiger partial charge in [-0.3, -0.25) is 0 Å². The summed E-state index contributed by atoms with van der Waals surface area (Å²) < 4.78 is 10.7. The van der Waals surface area contributed by atoms with E-state index in [9.17, 15) is 0 Å². The zero-order valence-electron chi connectivity index (χ0n) is 13.4. The number of hydrogen-bond donors (Lipinski definition) is 1. The highest BCUT2D eigenvalue weighted by atomic mass is 16.5. The molecule has 1 aromatic rings. The first kappa shape index (κ1) is 16.8. The lowest BCUT2D eigenvalue weighted by Crippen LogP contribution is -2.30. The Balaban J connectivity index is 2.61. The molecule has 3 nitrogen and oxygen atoms in total. The third-order valence-electron chi connectivity index (χ3n) is 3.58. The van der Waals surface area contributed by atoms with Gasteiger partial charge in [0.2, 0.25) is 0 Å². The summed E-state index contributed by atoms with van der Waals surface area (Å²) in [6.45, 7) is 5.56. The fourth-order valence-corrected chi connectivity index (χ4v) is 2.43. The minimum atomic E-state index is 0.603. The van der Waals surface area contributed by atoms with Crippen LogP contribution in [-0.2, 0) is 6.42 Å². The van der Waals surface area contributed by atoms with Crippen molar-refractivity contribution in [3.8, 4) is 11.5 Å². The van der Waals surface area contributed by atoms with E-state index in [0.29, 0.717) is 6.04 Å². The van der Waals surface area contributed by atoms with Crippen LogP contribution >= 0.6 is 0 Å². The molecule has 0 saturated heterocycles. The maximum Gasteiger partial charge on any atom is 0.125 e. The largest absolute Gasteiger partial charge is 0.497 e. The zero-order chi connectivity index (χ0) is 14.8. The van der Waals surface area contributed by atoms with E-state index in [2.05, 4.69) is 25.2 Å². The second-order valence-corrected chi connectivity index (χ2v) is 5.16. The molecule has 0 bridgehead atoms. The van der Waals surface area contributed by atoms with Crippen LogP contribution in [0.25, 0.3) is 0 Å². The molecule has 3 heteroatoms. The molecule has 0 fully saturated rings. The lowest BCUT2D eigenvalue weighted by molar-refractivity contribution is 0.388. The average molecular weight is 279 g/mol. The monoisotopic (exact) mass is 279 g/mol. The summed E-state index contributed by atoms with van der Waals surface area (Å²) in [7, 11) is 3.40. The zero-order valence-corrected chi connectivity index (χ0v) is 13.4. The lowest BCUT2D eigenvalue weighted by Gasteiger charge is -2.18. The van der Waals surface area contributed by atoms with Crippen LogP contribution in [0.3, 0.4) is 0 Å². The summed E-state index contributed by atoms with van der Waals surface area (Å²) in [5, 5.41) is 3.64. The number of ether oxygens (including phenoxy) is 2. The number of methoxy groups -OCH3 is 2. The minimum absolute atomic E-state index is 0.603. The van der Waals surface area contributed by atoms with Gasteiger partial charge in [-0.1, -0.05) is 26.3 Å². The van der Waals surface area contributed by atoms with Crippen molar-refractivity contribution >= 4 is 0 Å². The maximum atomic E-state index is 5.46. The number of nitrogens with one attached hydrogen (secondary N) is 1. The van der Waals surface area contributed by atoms with E-state index >= 15 is 0 Å². The Morgan fingerprint density at radius 1 is 1.05 bits per heavy atom. The minimum Gasteiger partial charge on any atom is -0.497 e. The van der Waals surface area contributed by atoms with Crippen molar-refractivity contribution < 1.29 is 9.47 Å². The molecule has 0 spiro atoms. The van der Waals surface area contributed by atoms with Crippen LogP contribution in [0.1, 0.15) is 45.1 Å². The van der Waals surface area contributed by atoms with Gasteiger partial charge in [0.15, 0.2) is 0 Å². The summed E-state index contributed by atoms with van der Waals surface area (Å²) in [5.74, 6) is 1.77. The van der Waals surface area contributed by atoms with E-state index in [1.54, 1.807) is 14.2 Å². The van der Waals surface area contributed by atoms with E-state index in [0.717, 1.165) is 30.9 Å². The molecule has 0 aromatic heterocycles. The van der Waals surface area contributed by atoms with Gasteiger partial charge in [-0.05, 0) is 43.9 Å². The van der Waals surface area contributed by atoms with E-state index in [4.69, 9.17) is 9.47 Å². The molecule has 0 aliphatic carbocycles. The first-order chi connectivity index (χ1) is 9.74. The summed E-state index contributed by atoms with van der Waals surface area (Å²) in [6, 6.07) is 6.68. The molecule has 0 aliphatic heterocycles. The molecule has 1 aromatic carbocycles. The van der Waals surface area contributed by atoms with Crippen molar-refractivity contribution in [3.63, 3.8) is 0 Å². The van der Waals surface area contributed by atoms with Crippen LogP contribution in [-0.4, -0.2) is 26.8 Å². The third kappa shape index (κ3) is 5.41. The Hall–Kier alpha value is -1.22. The van der Waals surface area contributed by atoms with Crippen LogP contribution in [0.2, 0.25) is 0 Å². The smallest absolute Gasteiger partial charge is 0.125 e. The summed E-state index contributed by atoms with van der Waals surface area (Å²) in [6.07, 6.45) is 5.83. The molecule has 0 saturated carbocycles. The molecular formula is C17H29NO2. The number of benzene rings is 1. The predicted molar refractivity (Wildman–Crippen MR) is 84.9 cm³/mol. The number of aryl methyl sites for hydroxylation is 1. The molecule has 0 heterocycles. The van der Waals surface area contributed by atoms with Gasteiger partial charge < -0.3 is 14.8 Å². The molecule has 0 aliphatic rings. The SMILES string of the molecule is CCCNC(CCC)CCc1ccc(OC)cc1OC. The number of rotatable bonds is 10. The fraction of sp³-hybridized carbons (Fsp3) is 0.647. The first-order valence-electron chi connectivity index (χ1n) is 7.69. The quantitative estimate of drug-likeness (QED) is 0.706. The van der Waals surface area contributed by atoms with Crippen molar-refractivity contribution in [1.82, 2.24) is 5.32 Å². The van der Waals surface area contributed by atoms with E-state index < -0.39 is 0 Å². The van der Waals surface area contributed by atoms with E-state index in [-0.39, 0.29) is 0 Å². The normalized spacial score (nSPS) is 12.2. The second-order valence-electron chi connectivity index (χ2n) is 5.16. The molecule has 0 amide bonds. The number of hydrogen-bond acceptors (Lipinski definition) is 3. The highest BCUT2D eigenvalue weighted by Gasteiger charge is 2.10. The van der Waals surface area contributed by atoms with Gasteiger partial charge in [-0.2, -0.15) is 0 Å². The van der Waals surface area contributed by atoms with Gasteiger partial charge in [0.05, 0.1) is 14.2 Å². The van der Waals surface area contributed by atoms with Gasteiger partial charge in [0, 0.05) is 12.1 Å². The second kappa shape index (κ2) is 9.65. The predicted octanol–water partition coefficient (Wildman–Crippen LogP) is 3.80. The highest BCUT2D eigenvalue weighted by molar-refractivity contribution is 5.40. The summed E-state index contributed by atoms with van der Waals surface area (Å²) in [5.41, 5.74) is 1.26. The van der Waals surface area contributed by atoms with Crippen molar-refractivity contribution in [2.24, 2.45) is 0 Å². The lowest BCUT2D eigenvalue weighted by atomic mass is 10.0. The van der Waals surface area contributed by atoms with Crippen LogP contribution < -0.4 is 14.8 Å². The summed E-state index contributed by atoms with van der Waals surface area (Å²) >= 11 is 0. The topological polar surface area (TPSA) is 30.5 Å². The van der Waals surface area contributed by atoms with Crippen molar-refractivity contribution in [2.75, 3.05) is 20.8 Å². The van der Waals surface area contributed by atoms with Crippen LogP contribution in [0.15, 0.2) is 18.2 Å². The molecule has 1 N–H and O–H groups in total. The molecule has 1 atom stereocenters. The van der Waals surface area contributed by atoms with Crippen molar-refractivity contribution in [1.29, 1.82) is 0 Å². The molecule has 1 unspecified atom stereocenters. The fourth-order valence-electron chi connectivity index (χ4n) is 2.43. The van der Waals surface area contributed by atoms with Gasteiger partial charge >= 0.3 is 0 Å². The van der Waals surface area contributed by atoms with Gasteiger partial charge in [-0.15, -0.1) is 0 Å². The Morgan fingerprint density at radius 3 is 2.45 bits per heavy atom. The van der Waals surface area contributed by atoms with Crippen molar-refractivity contribution in [3.05, 3.63) is 23.8 Å². The summed E-state index contributed by atoms with van der Waals surface area (Å²) in [4.78, 5) is 0. The molecule has 20 heavy (non-hydrogen) atoms. The van der Waals surface area contributed by atoms with Gasteiger partial charge in [0.25, 0.3) is 0 Å². The molecule has 114 valence electrons. The molecule has 1 rings (SSSR count). The third-order valence-corrected chi connectivity index (χ3v) is 3.58. The Kier molecular flexibility index (Phi) is 8.12. The van der Waals surface area contributed by atoms with Crippen LogP contribution in [0, 0.1) is 0 Å². The Morgan fingerprint density at radius 2 is 1.85 bits per heavy atom. The van der Waals surface area contributed by atoms with Gasteiger partial charge in [0.1, 0.15) is 11.5 Å². The van der Waals surface area contributed by atoms with Crippen molar-refractivity contribution in [2.45, 2.75) is 52.0 Å².